The Labute approximate surface area is 156 Å². The van der Waals surface area contributed by atoms with E-state index < -0.39 is 12.1 Å². The Bertz CT molecular complexity index is 799. The molecule has 2 aromatic heterocycles. The van der Waals surface area contributed by atoms with Gasteiger partial charge in [-0.2, -0.15) is 0 Å². The van der Waals surface area contributed by atoms with Gasteiger partial charge in [0.15, 0.2) is 5.58 Å². The number of aliphatic hydroxyl groups is 1. The number of nitrogens with two attached hydrogens (primary N) is 1. The molecule has 0 radical (unpaired) electrons. The van der Waals surface area contributed by atoms with Crippen LogP contribution in [0.2, 0.25) is 0 Å². The first kappa shape index (κ1) is 18.6. The number of aromatic nitrogens is 1. The molecule has 0 aliphatic heterocycles. The Morgan fingerprint density at radius 3 is 2.88 bits per heavy atom. The first-order valence-corrected chi connectivity index (χ1v) is 9.60. The van der Waals surface area contributed by atoms with Crippen LogP contribution < -0.4 is 11.1 Å². The number of para-hydroxylation sites is 2. The molecule has 0 unspecified atom stereocenters. The number of hydrogen-bond acceptors (Lipinski definition) is 6. The molecule has 4 N–H and O–H groups in total. The lowest BCUT2D eigenvalue weighted by molar-refractivity contribution is -0.122. The maximum Gasteiger partial charge on any atom is 0.237 e. The zero-order valence-electron chi connectivity index (χ0n) is 14.4. The molecule has 6 nitrogen and oxygen atoms in total. The Morgan fingerprint density at radius 1 is 1.27 bits per heavy atom. The molecule has 3 aromatic rings. The number of nitrogens with zero attached hydrogens (tertiary/aromatic N) is 1. The highest BCUT2D eigenvalue weighted by atomic mass is 32.1. The van der Waals surface area contributed by atoms with E-state index in [9.17, 15) is 9.90 Å². The fourth-order valence-electron chi connectivity index (χ4n) is 2.70. The van der Waals surface area contributed by atoms with E-state index in [0.29, 0.717) is 30.9 Å². The van der Waals surface area contributed by atoms with Gasteiger partial charge in [-0.1, -0.05) is 18.2 Å². The van der Waals surface area contributed by atoms with Crippen molar-refractivity contribution in [3.8, 4) is 0 Å². The van der Waals surface area contributed by atoms with Gasteiger partial charge in [-0.25, -0.2) is 4.98 Å². The molecule has 2 atom stereocenters. The Kier molecular flexibility index (Phi) is 6.38. The summed E-state index contributed by atoms with van der Waals surface area (Å²) in [5, 5.41) is 15.0. The number of oxazole rings is 1. The van der Waals surface area contributed by atoms with Crippen LogP contribution in [-0.4, -0.2) is 28.6 Å². The predicted molar refractivity (Wildman–Crippen MR) is 102 cm³/mol. The van der Waals surface area contributed by atoms with Crippen molar-refractivity contribution in [2.75, 3.05) is 6.54 Å². The molecule has 138 valence electrons. The number of carbonyl (C=O) groups excluding carboxylic acids is 1. The van der Waals surface area contributed by atoms with Crippen molar-refractivity contribution in [1.82, 2.24) is 10.3 Å². The lowest BCUT2D eigenvalue weighted by Gasteiger charge is -2.11. The monoisotopic (exact) mass is 373 g/mol. The standard InChI is InChI=1S/C19H23N3O3S/c20-14(12-13-6-5-11-26-13)18(24)21-10-4-3-8-16(23)19-22-15-7-1-2-9-17(15)25-19/h1-2,5-7,9,11,14,16,23H,3-4,8,10,12,20H2,(H,21,24)/t14-,16-/m0/s1. The van der Waals surface area contributed by atoms with Crippen LogP contribution in [0.1, 0.15) is 36.1 Å². The number of hydrogen-bond donors (Lipinski definition) is 3. The molecule has 1 amide bonds. The molecular formula is C19H23N3O3S. The second kappa shape index (κ2) is 8.93. The number of aliphatic hydroxyl groups excluding tert-OH is 1. The highest BCUT2D eigenvalue weighted by Crippen LogP contribution is 2.23. The normalized spacial score (nSPS) is 13.6. The highest BCUT2D eigenvalue weighted by molar-refractivity contribution is 7.09. The molecule has 0 saturated heterocycles. The summed E-state index contributed by atoms with van der Waals surface area (Å²) in [7, 11) is 0. The van der Waals surface area contributed by atoms with E-state index in [2.05, 4.69) is 10.3 Å². The Balaban J connectivity index is 1.35. The van der Waals surface area contributed by atoms with Gasteiger partial charge < -0.3 is 20.6 Å². The fraction of sp³-hybridized carbons (Fsp3) is 0.368. The molecule has 26 heavy (non-hydrogen) atoms. The van der Waals surface area contributed by atoms with Crippen molar-refractivity contribution in [3.05, 3.63) is 52.5 Å². The number of thiophene rings is 1. The van der Waals surface area contributed by atoms with Crippen LogP contribution in [0.25, 0.3) is 11.1 Å². The van der Waals surface area contributed by atoms with Gasteiger partial charge in [0.25, 0.3) is 0 Å². The molecule has 0 saturated carbocycles. The van der Waals surface area contributed by atoms with Crippen LogP contribution in [0.4, 0.5) is 0 Å². The Morgan fingerprint density at radius 2 is 2.12 bits per heavy atom. The third-order valence-electron chi connectivity index (χ3n) is 4.14. The van der Waals surface area contributed by atoms with Gasteiger partial charge in [-0.05, 0) is 42.8 Å². The number of benzene rings is 1. The topological polar surface area (TPSA) is 101 Å². The van der Waals surface area contributed by atoms with Crippen LogP contribution in [-0.2, 0) is 11.2 Å². The molecule has 1 aromatic carbocycles. The highest BCUT2D eigenvalue weighted by Gasteiger charge is 2.16. The fourth-order valence-corrected chi connectivity index (χ4v) is 3.46. The van der Waals surface area contributed by atoms with Crippen molar-refractivity contribution in [1.29, 1.82) is 0 Å². The lowest BCUT2D eigenvalue weighted by atomic mass is 10.1. The first-order chi connectivity index (χ1) is 12.6. The van der Waals surface area contributed by atoms with Crippen molar-refractivity contribution < 1.29 is 14.3 Å². The summed E-state index contributed by atoms with van der Waals surface area (Å²) in [4.78, 5) is 17.4. The van der Waals surface area contributed by atoms with Gasteiger partial charge in [-0.15, -0.1) is 11.3 Å². The molecule has 0 spiro atoms. The van der Waals surface area contributed by atoms with Gasteiger partial charge >= 0.3 is 0 Å². The lowest BCUT2D eigenvalue weighted by Crippen LogP contribution is -2.42. The van der Waals surface area contributed by atoms with Gasteiger partial charge in [0, 0.05) is 17.8 Å². The van der Waals surface area contributed by atoms with E-state index in [1.165, 1.54) is 0 Å². The van der Waals surface area contributed by atoms with E-state index in [4.69, 9.17) is 10.2 Å². The third-order valence-corrected chi connectivity index (χ3v) is 5.04. The molecule has 3 rings (SSSR count). The largest absolute Gasteiger partial charge is 0.438 e. The number of carbonyl (C=O) groups is 1. The molecule has 7 heteroatoms. The van der Waals surface area contributed by atoms with Crippen molar-refractivity contribution >= 4 is 28.3 Å². The quantitative estimate of drug-likeness (QED) is 0.501. The van der Waals surface area contributed by atoms with Gasteiger partial charge in [-0.3, -0.25) is 4.79 Å². The van der Waals surface area contributed by atoms with Crippen LogP contribution in [0.15, 0.2) is 46.2 Å². The number of amides is 1. The van der Waals surface area contributed by atoms with Crippen LogP contribution in [0.5, 0.6) is 0 Å². The maximum atomic E-state index is 12.0. The van der Waals surface area contributed by atoms with E-state index in [1.54, 1.807) is 11.3 Å². The minimum Gasteiger partial charge on any atom is -0.438 e. The summed E-state index contributed by atoms with van der Waals surface area (Å²) in [5.74, 6) is 0.200. The average molecular weight is 373 g/mol. The second-order valence-electron chi connectivity index (χ2n) is 6.21. The number of fused-ring (bicyclic) bond motifs is 1. The summed E-state index contributed by atoms with van der Waals surface area (Å²) in [6, 6.07) is 10.8. The number of nitrogens with one attached hydrogen (secondary N) is 1. The SMILES string of the molecule is N[C@@H](Cc1cccs1)C(=O)NCCCC[C@H](O)c1nc2ccccc2o1. The average Bonchev–Trinajstić information content (AvgIpc) is 3.30. The van der Waals surface area contributed by atoms with Gasteiger partial charge in [0.05, 0.1) is 6.04 Å². The van der Waals surface area contributed by atoms with Crippen LogP contribution in [0.3, 0.4) is 0 Å². The van der Waals surface area contributed by atoms with Crippen molar-refractivity contribution in [2.45, 2.75) is 37.8 Å². The third kappa shape index (κ3) is 4.91. The summed E-state index contributed by atoms with van der Waals surface area (Å²) in [6.45, 7) is 0.539. The zero-order chi connectivity index (χ0) is 18.4. The minimum atomic E-state index is -0.737. The van der Waals surface area contributed by atoms with E-state index in [1.807, 2.05) is 41.8 Å². The van der Waals surface area contributed by atoms with Crippen LogP contribution >= 0.6 is 11.3 Å². The summed E-state index contributed by atoms with van der Waals surface area (Å²) < 4.78 is 5.56. The van der Waals surface area contributed by atoms with E-state index >= 15 is 0 Å². The predicted octanol–water partition coefficient (Wildman–Crippen LogP) is 2.78. The molecule has 0 fully saturated rings. The van der Waals surface area contributed by atoms with E-state index in [0.717, 1.165) is 23.2 Å². The zero-order valence-corrected chi connectivity index (χ0v) is 15.2. The molecule has 0 aliphatic rings. The van der Waals surface area contributed by atoms with Gasteiger partial charge in [0.2, 0.25) is 11.8 Å². The van der Waals surface area contributed by atoms with Crippen molar-refractivity contribution in [2.24, 2.45) is 5.73 Å². The van der Waals surface area contributed by atoms with Crippen LogP contribution in [0, 0.1) is 0 Å². The van der Waals surface area contributed by atoms with E-state index in [-0.39, 0.29) is 5.91 Å². The summed E-state index contributed by atoms with van der Waals surface area (Å²) >= 11 is 1.60. The molecule has 0 bridgehead atoms. The smallest absolute Gasteiger partial charge is 0.237 e. The Hall–Kier alpha value is -2.22. The minimum absolute atomic E-state index is 0.141. The first-order valence-electron chi connectivity index (χ1n) is 8.72. The summed E-state index contributed by atoms with van der Waals surface area (Å²) in [5.41, 5.74) is 7.34. The van der Waals surface area contributed by atoms with Crippen molar-refractivity contribution in [3.63, 3.8) is 0 Å². The number of unbranched alkanes of at least 4 members (excludes halogenated alkanes) is 1. The van der Waals surface area contributed by atoms with Gasteiger partial charge in [0.1, 0.15) is 11.6 Å². The second-order valence-corrected chi connectivity index (χ2v) is 7.24. The molecular weight excluding hydrogens is 350 g/mol. The number of rotatable bonds is 9. The molecule has 0 aliphatic carbocycles. The summed E-state index contributed by atoms with van der Waals surface area (Å²) in [6.07, 6.45) is 1.86. The maximum absolute atomic E-state index is 12.0. The molecule has 2 heterocycles.